The Hall–Kier alpha value is -2.82. The molecule has 0 unspecified atom stereocenters. The highest BCUT2D eigenvalue weighted by atomic mass is 16.2. The van der Waals surface area contributed by atoms with Crippen LogP contribution in [0.3, 0.4) is 0 Å². The number of carbonyl (C=O) groups excluding carboxylic acids is 1. The highest BCUT2D eigenvalue weighted by Gasteiger charge is 2.22. The summed E-state index contributed by atoms with van der Waals surface area (Å²) in [6.45, 7) is 3.40. The van der Waals surface area contributed by atoms with Crippen LogP contribution in [0.4, 0.5) is 0 Å². The van der Waals surface area contributed by atoms with Crippen LogP contribution in [0, 0.1) is 12.8 Å². The van der Waals surface area contributed by atoms with E-state index in [1.54, 1.807) is 12.3 Å². The van der Waals surface area contributed by atoms with Crippen molar-refractivity contribution >= 4 is 16.8 Å². The molecule has 2 aromatic heterocycles. The summed E-state index contributed by atoms with van der Waals surface area (Å²) in [5, 5.41) is 1.19. The predicted molar refractivity (Wildman–Crippen MR) is 105 cm³/mol. The summed E-state index contributed by atoms with van der Waals surface area (Å²) in [5.41, 5.74) is 2.82. The van der Waals surface area contributed by atoms with Gasteiger partial charge in [-0.15, -0.1) is 0 Å². The average Bonchev–Trinajstić information content (AvgIpc) is 2.93. The molecule has 1 aliphatic rings. The van der Waals surface area contributed by atoms with Crippen LogP contribution in [-0.2, 0) is 6.42 Å². The van der Waals surface area contributed by atoms with E-state index in [1.807, 2.05) is 30.2 Å². The van der Waals surface area contributed by atoms with Gasteiger partial charge in [-0.1, -0.05) is 18.2 Å². The number of benzene rings is 1. The number of aromatic nitrogens is 3. The lowest BCUT2D eigenvalue weighted by molar-refractivity contribution is 0.0753. The van der Waals surface area contributed by atoms with Crippen molar-refractivity contribution in [3.8, 4) is 0 Å². The van der Waals surface area contributed by atoms with Crippen LogP contribution in [0.15, 0.2) is 48.8 Å². The lowest BCUT2D eigenvalue weighted by atomic mass is 9.93. The zero-order chi connectivity index (χ0) is 18.6. The monoisotopic (exact) mass is 360 g/mol. The molecule has 0 radical (unpaired) electrons. The number of rotatable bonds is 3. The number of amides is 1. The van der Waals surface area contributed by atoms with Crippen molar-refractivity contribution in [3.63, 3.8) is 0 Å². The number of fused-ring (bicyclic) bond motifs is 1. The first-order chi connectivity index (χ1) is 13.2. The number of pyridine rings is 1. The smallest absolute Gasteiger partial charge is 0.272 e. The summed E-state index contributed by atoms with van der Waals surface area (Å²) < 4.78 is 0. The highest BCUT2D eigenvalue weighted by molar-refractivity contribution is 5.92. The zero-order valence-corrected chi connectivity index (χ0v) is 15.6. The second kappa shape index (κ2) is 7.82. The van der Waals surface area contributed by atoms with E-state index < -0.39 is 0 Å². The fraction of sp³-hybridized carbons (Fsp3) is 0.364. The van der Waals surface area contributed by atoms with E-state index in [2.05, 4.69) is 33.2 Å². The van der Waals surface area contributed by atoms with Gasteiger partial charge in [0.1, 0.15) is 11.5 Å². The molecule has 1 aromatic carbocycles. The molecule has 0 spiro atoms. The first-order valence-electron chi connectivity index (χ1n) is 9.61. The number of nitrogens with zero attached hydrogens (tertiary/aromatic N) is 4. The SMILES string of the molecule is Cc1nccc(C(=O)N2CCC[C@H](Cc3cnc4ccccc4c3)CC2)n1. The third-order valence-corrected chi connectivity index (χ3v) is 5.30. The third kappa shape index (κ3) is 4.13. The summed E-state index contributed by atoms with van der Waals surface area (Å²) in [4.78, 5) is 27.6. The van der Waals surface area contributed by atoms with Crippen molar-refractivity contribution in [2.75, 3.05) is 13.1 Å². The van der Waals surface area contributed by atoms with Gasteiger partial charge in [-0.2, -0.15) is 0 Å². The van der Waals surface area contributed by atoms with Crippen LogP contribution < -0.4 is 0 Å². The maximum Gasteiger partial charge on any atom is 0.272 e. The van der Waals surface area contributed by atoms with Gasteiger partial charge in [0.2, 0.25) is 0 Å². The second-order valence-electron chi connectivity index (χ2n) is 7.32. The molecule has 5 heteroatoms. The Bertz CT molecular complexity index is 956. The van der Waals surface area contributed by atoms with Crippen LogP contribution in [0.5, 0.6) is 0 Å². The molecular formula is C22H24N4O. The van der Waals surface area contributed by atoms with Crippen molar-refractivity contribution in [1.82, 2.24) is 19.9 Å². The number of likely N-dealkylation sites (tertiary alicyclic amines) is 1. The average molecular weight is 360 g/mol. The van der Waals surface area contributed by atoms with Crippen LogP contribution in [0.25, 0.3) is 10.9 Å². The minimum Gasteiger partial charge on any atom is -0.337 e. The van der Waals surface area contributed by atoms with Crippen LogP contribution >= 0.6 is 0 Å². The number of carbonyl (C=O) groups is 1. The molecule has 1 atom stereocenters. The molecule has 138 valence electrons. The Labute approximate surface area is 159 Å². The van der Waals surface area contributed by atoms with Gasteiger partial charge in [0.15, 0.2) is 0 Å². The Balaban J connectivity index is 1.41. The van der Waals surface area contributed by atoms with Gasteiger partial charge >= 0.3 is 0 Å². The van der Waals surface area contributed by atoms with Gasteiger partial charge in [0.05, 0.1) is 5.52 Å². The Morgan fingerprint density at radius 1 is 1.15 bits per heavy atom. The predicted octanol–water partition coefficient (Wildman–Crippen LogP) is 3.82. The van der Waals surface area contributed by atoms with Crippen molar-refractivity contribution in [2.24, 2.45) is 5.92 Å². The summed E-state index contributed by atoms with van der Waals surface area (Å²) >= 11 is 0. The lowest BCUT2D eigenvalue weighted by Gasteiger charge is -2.20. The van der Waals surface area contributed by atoms with Gasteiger partial charge in [0, 0.05) is 30.9 Å². The van der Waals surface area contributed by atoms with Crippen molar-refractivity contribution < 1.29 is 4.79 Å². The molecule has 3 heterocycles. The lowest BCUT2D eigenvalue weighted by Crippen LogP contribution is -2.32. The molecule has 0 bridgehead atoms. The molecule has 1 fully saturated rings. The first kappa shape index (κ1) is 17.6. The zero-order valence-electron chi connectivity index (χ0n) is 15.6. The Morgan fingerprint density at radius 2 is 2.04 bits per heavy atom. The molecule has 0 N–H and O–H groups in total. The molecule has 27 heavy (non-hydrogen) atoms. The summed E-state index contributed by atoms with van der Waals surface area (Å²) in [5.74, 6) is 1.24. The summed E-state index contributed by atoms with van der Waals surface area (Å²) in [6.07, 6.45) is 7.86. The molecule has 3 aromatic rings. The molecule has 1 aliphatic heterocycles. The van der Waals surface area contributed by atoms with Gasteiger partial charge < -0.3 is 4.90 Å². The molecular weight excluding hydrogens is 336 g/mol. The minimum atomic E-state index is 0.0218. The molecule has 4 rings (SSSR count). The van der Waals surface area contributed by atoms with Gasteiger partial charge in [-0.3, -0.25) is 9.78 Å². The van der Waals surface area contributed by atoms with E-state index in [4.69, 9.17) is 0 Å². The van der Waals surface area contributed by atoms with Crippen LogP contribution in [0.2, 0.25) is 0 Å². The fourth-order valence-corrected chi connectivity index (χ4v) is 3.87. The third-order valence-electron chi connectivity index (χ3n) is 5.30. The first-order valence-corrected chi connectivity index (χ1v) is 9.61. The van der Waals surface area contributed by atoms with Crippen molar-refractivity contribution in [3.05, 3.63) is 65.9 Å². The van der Waals surface area contributed by atoms with Crippen molar-refractivity contribution in [1.29, 1.82) is 0 Å². The summed E-state index contributed by atoms with van der Waals surface area (Å²) in [7, 11) is 0. The van der Waals surface area contributed by atoms with E-state index in [-0.39, 0.29) is 5.91 Å². The second-order valence-corrected chi connectivity index (χ2v) is 7.32. The number of hydrogen-bond donors (Lipinski definition) is 0. The number of hydrogen-bond acceptors (Lipinski definition) is 4. The molecule has 0 saturated carbocycles. The van der Waals surface area contributed by atoms with Gasteiger partial charge in [0.25, 0.3) is 5.91 Å². The van der Waals surface area contributed by atoms with Crippen molar-refractivity contribution in [2.45, 2.75) is 32.6 Å². The van der Waals surface area contributed by atoms with E-state index in [0.29, 0.717) is 17.4 Å². The number of para-hydroxylation sites is 1. The topological polar surface area (TPSA) is 59.0 Å². The van der Waals surface area contributed by atoms with Crippen LogP contribution in [-0.4, -0.2) is 38.8 Å². The van der Waals surface area contributed by atoms with Gasteiger partial charge in [-0.25, -0.2) is 9.97 Å². The number of aryl methyl sites for hydroxylation is 1. The maximum absolute atomic E-state index is 12.7. The molecule has 0 aliphatic carbocycles. The molecule has 1 saturated heterocycles. The largest absolute Gasteiger partial charge is 0.337 e. The Morgan fingerprint density at radius 3 is 2.93 bits per heavy atom. The van der Waals surface area contributed by atoms with Gasteiger partial charge in [-0.05, 0) is 62.3 Å². The minimum absolute atomic E-state index is 0.0218. The molecule has 1 amide bonds. The van der Waals surface area contributed by atoms with E-state index in [0.717, 1.165) is 44.3 Å². The highest BCUT2D eigenvalue weighted by Crippen LogP contribution is 2.24. The van der Waals surface area contributed by atoms with E-state index in [1.165, 1.54) is 10.9 Å². The maximum atomic E-state index is 12.7. The Kier molecular flexibility index (Phi) is 5.10. The molecule has 5 nitrogen and oxygen atoms in total. The van der Waals surface area contributed by atoms with E-state index in [9.17, 15) is 4.79 Å². The van der Waals surface area contributed by atoms with Crippen LogP contribution in [0.1, 0.15) is 41.1 Å². The van der Waals surface area contributed by atoms with E-state index >= 15 is 0 Å². The summed E-state index contributed by atoms with van der Waals surface area (Å²) in [6, 6.07) is 12.2. The fourth-order valence-electron chi connectivity index (χ4n) is 3.87. The normalized spacial score (nSPS) is 17.7. The standard InChI is InChI=1S/C22H24N4O/c1-16-23-10-8-21(25-16)22(27)26-11-4-5-17(9-12-26)13-18-14-19-6-2-3-7-20(19)24-15-18/h2-3,6-8,10,14-15,17H,4-5,9,11-13H2,1H3/t17-/m0/s1. The quantitative estimate of drug-likeness (QED) is 0.712.